The predicted octanol–water partition coefficient (Wildman–Crippen LogP) is 14.8. The van der Waals surface area contributed by atoms with Crippen molar-refractivity contribution in [1.29, 1.82) is 0 Å². The lowest BCUT2D eigenvalue weighted by atomic mass is 9.81. The van der Waals surface area contributed by atoms with Gasteiger partial charge in [-0.2, -0.15) is 0 Å². The summed E-state index contributed by atoms with van der Waals surface area (Å²) in [6, 6.07) is 67.8. The van der Waals surface area contributed by atoms with E-state index >= 15 is 0 Å². The third-order valence-electron chi connectivity index (χ3n) is 12.1. The molecular formula is C53H36. The molecule has 1 aliphatic rings. The second kappa shape index (κ2) is 11.2. The summed E-state index contributed by atoms with van der Waals surface area (Å²) in [7, 11) is 0. The highest BCUT2D eigenvalue weighted by atomic mass is 14.4. The van der Waals surface area contributed by atoms with Crippen molar-refractivity contribution < 1.29 is 0 Å². The number of benzene rings is 10. The molecule has 0 amide bonds. The van der Waals surface area contributed by atoms with E-state index in [0.717, 1.165) is 0 Å². The molecule has 0 bridgehead atoms. The second-order valence-corrected chi connectivity index (χ2v) is 15.2. The number of fused-ring (bicyclic) bond motifs is 12. The molecule has 10 aromatic rings. The van der Waals surface area contributed by atoms with Gasteiger partial charge < -0.3 is 0 Å². The topological polar surface area (TPSA) is 0 Å². The molecule has 0 saturated carbocycles. The molecule has 0 fully saturated rings. The van der Waals surface area contributed by atoms with Gasteiger partial charge in [0.05, 0.1) is 0 Å². The van der Waals surface area contributed by atoms with Crippen molar-refractivity contribution in [2.24, 2.45) is 0 Å². The zero-order chi connectivity index (χ0) is 35.3. The van der Waals surface area contributed by atoms with E-state index in [4.69, 9.17) is 0 Å². The zero-order valence-electron chi connectivity index (χ0n) is 29.8. The summed E-state index contributed by atoms with van der Waals surface area (Å²) in [5.41, 5.74) is 13.0. The van der Waals surface area contributed by atoms with Crippen molar-refractivity contribution >= 4 is 53.9 Å². The fraction of sp³-hybridized carbons (Fsp3) is 0.0566. The third kappa shape index (κ3) is 4.42. The van der Waals surface area contributed by atoms with Crippen LogP contribution in [0.2, 0.25) is 0 Å². The molecule has 0 unspecified atom stereocenters. The van der Waals surface area contributed by atoms with Gasteiger partial charge in [-0.25, -0.2) is 0 Å². The average molecular weight is 673 g/mol. The fourth-order valence-electron chi connectivity index (χ4n) is 9.39. The molecule has 53 heavy (non-hydrogen) atoms. The van der Waals surface area contributed by atoms with Crippen LogP contribution < -0.4 is 0 Å². The van der Waals surface area contributed by atoms with E-state index < -0.39 is 0 Å². The first-order valence-corrected chi connectivity index (χ1v) is 18.7. The Morgan fingerprint density at radius 3 is 1.49 bits per heavy atom. The Morgan fingerprint density at radius 2 is 0.792 bits per heavy atom. The van der Waals surface area contributed by atoms with Crippen molar-refractivity contribution in [2.75, 3.05) is 0 Å². The lowest BCUT2D eigenvalue weighted by molar-refractivity contribution is 0.662. The molecule has 248 valence electrons. The summed E-state index contributed by atoms with van der Waals surface area (Å²) >= 11 is 0. The minimum absolute atomic E-state index is 0.0876. The lowest BCUT2D eigenvalue weighted by Crippen LogP contribution is -2.14. The van der Waals surface area contributed by atoms with Crippen LogP contribution in [0.25, 0.3) is 98.4 Å². The predicted molar refractivity (Wildman–Crippen MR) is 228 cm³/mol. The van der Waals surface area contributed by atoms with E-state index in [1.807, 2.05) is 0 Å². The highest BCUT2D eigenvalue weighted by Gasteiger charge is 2.37. The molecule has 0 atom stereocenters. The summed E-state index contributed by atoms with van der Waals surface area (Å²) in [4.78, 5) is 0. The Balaban J connectivity index is 1.05. The normalized spacial score (nSPS) is 13.2. The Kier molecular flexibility index (Phi) is 6.40. The van der Waals surface area contributed by atoms with E-state index in [-0.39, 0.29) is 5.41 Å². The SMILES string of the molecule is CC1(C)c2cc3c4ccc(-c5ccc(-c6ccc(-c7ccccc7)c7ccccc67)cc5)cc4c4ccccc4c3cc2-c2c1ccc1ccccc21. The van der Waals surface area contributed by atoms with Crippen molar-refractivity contribution in [2.45, 2.75) is 19.3 Å². The Morgan fingerprint density at radius 1 is 0.283 bits per heavy atom. The first kappa shape index (κ1) is 30.2. The minimum atomic E-state index is -0.0876. The van der Waals surface area contributed by atoms with E-state index in [9.17, 15) is 0 Å². The standard InChI is InChI=1S/C53H36/c1-53(2)50-29-25-35-14-6-7-15-40(35)52(50)49-31-47-44-19-11-10-18-43(44)46-30-37(24-26-45(46)48(47)32-51(49)53)33-20-22-36(23-21-33)39-28-27-38(34-12-4-3-5-13-34)41-16-8-9-17-42(39)41/h3-32H,1-2H3. The molecule has 10 aromatic carbocycles. The Bertz CT molecular complexity index is 3110. The summed E-state index contributed by atoms with van der Waals surface area (Å²) in [5, 5.41) is 13.1. The van der Waals surface area contributed by atoms with Crippen LogP contribution in [0.15, 0.2) is 182 Å². The maximum absolute atomic E-state index is 2.51. The first-order chi connectivity index (χ1) is 26.0. The maximum atomic E-state index is 2.51. The van der Waals surface area contributed by atoms with Gasteiger partial charge in [0.15, 0.2) is 0 Å². The molecule has 0 spiro atoms. The van der Waals surface area contributed by atoms with Crippen LogP contribution in [0.4, 0.5) is 0 Å². The number of rotatable bonds is 3. The van der Waals surface area contributed by atoms with E-state index in [0.29, 0.717) is 0 Å². The molecule has 0 heteroatoms. The van der Waals surface area contributed by atoms with Crippen LogP contribution in [-0.4, -0.2) is 0 Å². The van der Waals surface area contributed by atoms with Gasteiger partial charge in [0, 0.05) is 5.41 Å². The number of hydrogen-bond donors (Lipinski definition) is 0. The smallest absolute Gasteiger partial charge is 0.0159 e. The van der Waals surface area contributed by atoms with Gasteiger partial charge in [-0.05, 0) is 128 Å². The van der Waals surface area contributed by atoms with E-state index in [1.165, 1.54) is 109 Å². The molecule has 11 rings (SSSR count). The minimum Gasteiger partial charge on any atom is -0.0622 e. The fourth-order valence-corrected chi connectivity index (χ4v) is 9.39. The monoisotopic (exact) mass is 672 g/mol. The molecule has 0 nitrogen and oxygen atoms in total. The molecule has 1 aliphatic carbocycles. The summed E-state index contributed by atoms with van der Waals surface area (Å²) in [5.74, 6) is 0. The van der Waals surface area contributed by atoms with Gasteiger partial charge in [-0.3, -0.25) is 0 Å². The molecule has 0 radical (unpaired) electrons. The van der Waals surface area contributed by atoms with Gasteiger partial charge in [0.1, 0.15) is 0 Å². The number of hydrogen-bond acceptors (Lipinski definition) is 0. The van der Waals surface area contributed by atoms with E-state index in [2.05, 4.69) is 196 Å². The average Bonchev–Trinajstić information content (AvgIpc) is 3.45. The molecule has 0 heterocycles. The van der Waals surface area contributed by atoms with Gasteiger partial charge in [-0.15, -0.1) is 0 Å². The zero-order valence-corrected chi connectivity index (χ0v) is 29.8. The van der Waals surface area contributed by atoms with Gasteiger partial charge >= 0.3 is 0 Å². The molecule has 0 aliphatic heterocycles. The second-order valence-electron chi connectivity index (χ2n) is 15.2. The summed E-state index contributed by atoms with van der Waals surface area (Å²) in [6.45, 7) is 4.79. The quantitative estimate of drug-likeness (QED) is 0.164. The lowest BCUT2D eigenvalue weighted by Gasteiger charge is -2.22. The summed E-state index contributed by atoms with van der Waals surface area (Å²) < 4.78 is 0. The Labute approximate surface area is 309 Å². The van der Waals surface area contributed by atoms with Gasteiger partial charge in [0.2, 0.25) is 0 Å². The van der Waals surface area contributed by atoms with Crippen molar-refractivity contribution in [1.82, 2.24) is 0 Å². The van der Waals surface area contributed by atoms with Gasteiger partial charge in [-0.1, -0.05) is 178 Å². The first-order valence-electron chi connectivity index (χ1n) is 18.7. The van der Waals surface area contributed by atoms with Crippen LogP contribution in [0.1, 0.15) is 25.0 Å². The largest absolute Gasteiger partial charge is 0.0622 e. The van der Waals surface area contributed by atoms with Crippen LogP contribution in [0.3, 0.4) is 0 Å². The van der Waals surface area contributed by atoms with Crippen LogP contribution in [0, 0.1) is 0 Å². The third-order valence-corrected chi connectivity index (χ3v) is 12.1. The van der Waals surface area contributed by atoms with E-state index in [1.54, 1.807) is 0 Å². The van der Waals surface area contributed by atoms with Crippen LogP contribution in [0.5, 0.6) is 0 Å². The summed E-state index contributed by atoms with van der Waals surface area (Å²) in [6.07, 6.45) is 0. The molecule has 0 N–H and O–H groups in total. The van der Waals surface area contributed by atoms with Crippen LogP contribution >= 0.6 is 0 Å². The Hall–Kier alpha value is -6.50. The van der Waals surface area contributed by atoms with Crippen LogP contribution in [-0.2, 0) is 5.41 Å². The van der Waals surface area contributed by atoms with Crippen molar-refractivity contribution in [3.05, 3.63) is 193 Å². The highest BCUT2D eigenvalue weighted by molar-refractivity contribution is 6.27. The van der Waals surface area contributed by atoms with Gasteiger partial charge in [0.25, 0.3) is 0 Å². The maximum Gasteiger partial charge on any atom is 0.0159 e. The molecular weight excluding hydrogens is 637 g/mol. The van der Waals surface area contributed by atoms with Crippen molar-refractivity contribution in [3.63, 3.8) is 0 Å². The molecule has 0 aromatic heterocycles. The highest BCUT2D eigenvalue weighted by Crippen LogP contribution is 2.53. The van der Waals surface area contributed by atoms with Crippen molar-refractivity contribution in [3.8, 4) is 44.5 Å². The molecule has 0 saturated heterocycles.